The van der Waals surface area contributed by atoms with E-state index in [9.17, 15) is 4.79 Å². The molecule has 4 rings (SSSR count). The summed E-state index contributed by atoms with van der Waals surface area (Å²) in [4.78, 5) is 16.9. The van der Waals surface area contributed by atoms with Crippen molar-refractivity contribution in [3.8, 4) is 5.75 Å². The summed E-state index contributed by atoms with van der Waals surface area (Å²) >= 11 is 0. The normalized spacial score (nSPS) is 10.9. The minimum absolute atomic E-state index is 0.241. The van der Waals surface area contributed by atoms with Crippen LogP contribution in [0, 0.1) is 6.92 Å². The minimum atomic E-state index is -0.337. The van der Waals surface area contributed by atoms with Crippen LogP contribution in [0.25, 0.3) is 11.0 Å². The van der Waals surface area contributed by atoms with Gasteiger partial charge in [0.2, 0.25) is 5.95 Å². The molecule has 0 aliphatic rings. The highest BCUT2D eigenvalue weighted by molar-refractivity contribution is 6.02. The molecule has 27 heavy (non-hydrogen) atoms. The van der Waals surface area contributed by atoms with Gasteiger partial charge >= 0.3 is 0 Å². The maximum absolute atomic E-state index is 12.4. The van der Waals surface area contributed by atoms with Crippen LogP contribution in [-0.4, -0.2) is 22.1 Å². The predicted octanol–water partition coefficient (Wildman–Crippen LogP) is 4.27. The minimum Gasteiger partial charge on any atom is -0.491 e. The molecule has 0 saturated carbocycles. The zero-order chi connectivity index (χ0) is 18.6. The molecule has 6 nitrogen and oxygen atoms in total. The van der Waals surface area contributed by atoms with Crippen LogP contribution in [0.2, 0.25) is 0 Å². The van der Waals surface area contributed by atoms with Crippen molar-refractivity contribution >= 4 is 22.9 Å². The molecule has 2 heterocycles. The number of anilines is 1. The van der Waals surface area contributed by atoms with Gasteiger partial charge in [0.25, 0.3) is 5.91 Å². The van der Waals surface area contributed by atoms with Gasteiger partial charge in [-0.2, -0.15) is 0 Å². The molecule has 0 fully saturated rings. The van der Waals surface area contributed by atoms with E-state index in [1.54, 1.807) is 12.1 Å². The van der Waals surface area contributed by atoms with Gasteiger partial charge in [-0.25, -0.2) is 4.98 Å². The molecule has 1 N–H and O–H groups in total. The van der Waals surface area contributed by atoms with Crippen molar-refractivity contribution in [2.45, 2.75) is 13.5 Å². The van der Waals surface area contributed by atoms with Crippen molar-refractivity contribution in [3.05, 3.63) is 78.3 Å². The van der Waals surface area contributed by atoms with E-state index in [2.05, 4.69) is 10.3 Å². The van der Waals surface area contributed by atoms with Gasteiger partial charge in [0, 0.05) is 0 Å². The molecule has 0 bridgehead atoms. The highest BCUT2D eigenvalue weighted by Gasteiger charge is 2.16. The first-order chi connectivity index (χ1) is 13.2. The monoisotopic (exact) mass is 361 g/mol. The Balaban J connectivity index is 1.56. The van der Waals surface area contributed by atoms with Crippen LogP contribution in [-0.2, 0) is 6.54 Å². The Morgan fingerprint density at radius 1 is 1.11 bits per heavy atom. The van der Waals surface area contributed by atoms with Crippen molar-refractivity contribution in [1.82, 2.24) is 9.55 Å². The van der Waals surface area contributed by atoms with Crippen molar-refractivity contribution in [3.63, 3.8) is 0 Å². The van der Waals surface area contributed by atoms with Crippen LogP contribution >= 0.6 is 0 Å². The van der Waals surface area contributed by atoms with Crippen LogP contribution in [0.4, 0.5) is 5.95 Å². The molecule has 2 aromatic carbocycles. The van der Waals surface area contributed by atoms with Gasteiger partial charge in [-0.05, 0) is 42.8 Å². The number of hydrogen-bond donors (Lipinski definition) is 1. The average molecular weight is 361 g/mol. The second-order valence-electron chi connectivity index (χ2n) is 6.12. The zero-order valence-corrected chi connectivity index (χ0v) is 14.9. The molecule has 0 aliphatic heterocycles. The number of nitrogens with zero attached hydrogens (tertiary/aromatic N) is 2. The lowest BCUT2D eigenvalue weighted by Crippen LogP contribution is -2.17. The number of furan rings is 1. The highest BCUT2D eigenvalue weighted by atomic mass is 16.5. The summed E-state index contributed by atoms with van der Waals surface area (Å²) < 4.78 is 13.0. The number of fused-ring (bicyclic) bond motifs is 1. The summed E-state index contributed by atoms with van der Waals surface area (Å²) in [6, 6.07) is 18.9. The lowest BCUT2D eigenvalue weighted by molar-refractivity contribution is 0.0995. The molecule has 1 amide bonds. The number of para-hydroxylation sites is 3. The van der Waals surface area contributed by atoms with Gasteiger partial charge in [0.15, 0.2) is 5.76 Å². The first-order valence-electron chi connectivity index (χ1n) is 8.71. The second kappa shape index (κ2) is 7.37. The van der Waals surface area contributed by atoms with E-state index < -0.39 is 0 Å². The maximum Gasteiger partial charge on any atom is 0.293 e. The Morgan fingerprint density at radius 3 is 2.74 bits per heavy atom. The third kappa shape index (κ3) is 3.55. The molecule has 6 heteroatoms. The number of carbonyl (C=O) groups is 1. The molecule has 0 spiro atoms. The third-order valence-corrected chi connectivity index (χ3v) is 4.29. The molecule has 0 unspecified atom stereocenters. The van der Waals surface area contributed by atoms with Crippen molar-refractivity contribution in [2.75, 3.05) is 11.9 Å². The van der Waals surface area contributed by atoms with E-state index in [1.165, 1.54) is 6.26 Å². The molecule has 2 aromatic heterocycles. The Labute approximate surface area is 156 Å². The standard InChI is InChI=1S/C21H19N3O3/c1-15-7-2-5-10-18(15)27-14-12-24-17-9-4-3-8-16(17)22-21(24)23-20(25)19-11-6-13-26-19/h2-11,13H,12,14H2,1H3,(H,22,23,25). The molecule has 136 valence electrons. The van der Waals surface area contributed by atoms with Crippen molar-refractivity contribution in [1.29, 1.82) is 0 Å². The molecular weight excluding hydrogens is 342 g/mol. The van der Waals surface area contributed by atoms with Crippen LogP contribution < -0.4 is 10.1 Å². The SMILES string of the molecule is Cc1ccccc1OCCn1c(NC(=O)c2ccco2)nc2ccccc21. The van der Waals surface area contributed by atoms with Crippen LogP contribution in [0.1, 0.15) is 16.1 Å². The largest absolute Gasteiger partial charge is 0.491 e. The quantitative estimate of drug-likeness (QED) is 0.557. The average Bonchev–Trinajstić information content (AvgIpc) is 3.32. The first-order valence-corrected chi connectivity index (χ1v) is 8.71. The molecule has 4 aromatic rings. The number of amides is 1. The summed E-state index contributed by atoms with van der Waals surface area (Å²) in [6.07, 6.45) is 1.47. The Hall–Kier alpha value is -3.54. The zero-order valence-electron chi connectivity index (χ0n) is 14.9. The Morgan fingerprint density at radius 2 is 1.93 bits per heavy atom. The van der Waals surface area contributed by atoms with Gasteiger partial charge in [-0.3, -0.25) is 10.1 Å². The summed E-state index contributed by atoms with van der Waals surface area (Å²) in [5.74, 6) is 1.22. The van der Waals surface area contributed by atoms with E-state index >= 15 is 0 Å². The third-order valence-electron chi connectivity index (χ3n) is 4.29. The second-order valence-corrected chi connectivity index (χ2v) is 6.12. The predicted molar refractivity (Wildman–Crippen MR) is 103 cm³/mol. The van der Waals surface area contributed by atoms with Crippen molar-refractivity contribution < 1.29 is 13.9 Å². The first kappa shape index (κ1) is 16.9. The summed E-state index contributed by atoms with van der Waals surface area (Å²) in [6.45, 7) is 3.01. The summed E-state index contributed by atoms with van der Waals surface area (Å²) in [5.41, 5.74) is 2.82. The number of hydrogen-bond acceptors (Lipinski definition) is 4. The number of rotatable bonds is 6. The van der Waals surface area contributed by atoms with Gasteiger partial charge in [-0.1, -0.05) is 30.3 Å². The number of benzene rings is 2. The van der Waals surface area contributed by atoms with E-state index in [0.717, 1.165) is 22.3 Å². The lowest BCUT2D eigenvalue weighted by atomic mass is 10.2. The number of imidazole rings is 1. The van der Waals surface area contributed by atoms with Crippen LogP contribution in [0.15, 0.2) is 71.3 Å². The summed E-state index contributed by atoms with van der Waals surface area (Å²) in [5, 5.41) is 2.83. The number of nitrogens with one attached hydrogen (secondary N) is 1. The fourth-order valence-electron chi connectivity index (χ4n) is 2.93. The van der Waals surface area contributed by atoms with E-state index in [1.807, 2.05) is 60.0 Å². The fraction of sp³-hybridized carbons (Fsp3) is 0.143. The van der Waals surface area contributed by atoms with Gasteiger partial charge in [0.05, 0.1) is 23.8 Å². The molecule has 0 radical (unpaired) electrons. The van der Waals surface area contributed by atoms with Crippen LogP contribution in [0.5, 0.6) is 5.75 Å². The Bertz CT molecular complexity index is 1070. The molecule has 0 aliphatic carbocycles. The number of aryl methyl sites for hydroxylation is 1. The number of aromatic nitrogens is 2. The van der Waals surface area contributed by atoms with Gasteiger partial charge in [0.1, 0.15) is 12.4 Å². The van der Waals surface area contributed by atoms with E-state index in [4.69, 9.17) is 9.15 Å². The fourth-order valence-corrected chi connectivity index (χ4v) is 2.93. The topological polar surface area (TPSA) is 69.3 Å². The lowest BCUT2D eigenvalue weighted by Gasteiger charge is -2.12. The number of ether oxygens (including phenoxy) is 1. The van der Waals surface area contributed by atoms with E-state index in [0.29, 0.717) is 19.1 Å². The van der Waals surface area contributed by atoms with Gasteiger partial charge in [-0.15, -0.1) is 0 Å². The summed E-state index contributed by atoms with van der Waals surface area (Å²) in [7, 11) is 0. The Kier molecular flexibility index (Phi) is 4.61. The molecule has 0 atom stereocenters. The highest BCUT2D eigenvalue weighted by Crippen LogP contribution is 2.21. The van der Waals surface area contributed by atoms with Crippen LogP contribution in [0.3, 0.4) is 0 Å². The maximum atomic E-state index is 12.4. The van der Waals surface area contributed by atoms with E-state index in [-0.39, 0.29) is 11.7 Å². The molecular formula is C21H19N3O3. The van der Waals surface area contributed by atoms with Gasteiger partial charge < -0.3 is 13.7 Å². The number of carbonyl (C=O) groups excluding carboxylic acids is 1. The van der Waals surface area contributed by atoms with Crippen molar-refractivity contribution in [2.24, 2.45) is 0 Å². The molecule has 0 saturated heterocycles. The smallest absolute Gasteiger partial charge is 0.293 e.